The van der Waals surface area contributed by atoms with Crippen LogP contribution < -0.4 is 25.0 Å². The van der Waals surface area contributed by atoms with E-state index in [4.69, 9.17) is 44.9 Å². The van der Waals surface area contributed by atoms with E-state index in [-0.39, 0.29) is 17.3 Å². The van der Waals surface area contributed by atoms with E-state index in [9.17, 15) is 14.4 Å². The number of methoxy groups -OCH3 is 1. The van der Waals surface area contributed by atoms with Gasteiger partial charge < -0.3 is 14.8 Å². The molecule has 0 unspecified atom stereocenters. The lowest BCUT2D eigenvalue weighted by atomic mass is 10.1. The standard InChI is InChI=1S/C26H19Cl2N3O5S/c1-35-22-12-15(7-10-21(22)36-14-23(32)29-16-8-9-19(27)20(28)13-16)11-18-24(33)30-26(37)31(25(18)34)17-5-3-2-4-6-17/h2-13H,14H2,1H3,(H,29,32)(H,30,33,37)/b18-11-. The van der Waals surface area contributed by atoms with Crippen molar-refractivity contribution in [1.29, 1.82) is 0 Å². The first kappa shape index (κ1) is 26.2. The minimum Gasteiger partial charge on any atom is -0.493 e. The van der Waals surface area contributed by atoms with Gasteiger partial charge in [-0.25, -0.2) is 0 Å². The van der Waals surface area contributed by atoms with E-state index in [1.54, 1.807) is 54.6 Å². The molecular weight excluding hydrogens is 537 g/mol. The van der Waals surface area contributed by atoms with E-state index in [0.717, 1.165) is 0 Å². The molecule has 3 amide bonds. The van der Waals surface area contributed by atoms with Crippen molar-refractivity contribution in [3.8, 4) is 11.5 Å². The Bertz CT molecular complexity index is 1430. The van der Waals surface area contributed by atoms with E-state index < -0.39 is 17.7 Å². The number of ether oxygens (including phenoxy) is 2. The van der Waals surface area contributed by atoms with Crippen LogP contribution in [0.1, 0.15) is 5.56 Å². The number of anilines is 2. The Morgan fingerprint density at radius 1 is 1.03 bits per heavy atom. The van der Waals surface area contributed by atoms with E-state index in [0.29, 0.717) is 38.5 Å². The molecule has 0 bridgehead atoms. The summed E-state index contributed by atoms with van der Waals surface area (Å²) in [6.07, 6.45) is 1.43. The minimum absolute atomic E-state index is 0.00109. The molecule has 1 aliphatic heterocycles. The van der Waals surface area contributed by atoms with Crippen LogP contribution in [0.2, 0.25) is 10.0 Å². The van der Waals surface area contributed by atoms with Crippen LogP contribution in [0.3, 0.4) is 0 Å². The van der Waals surface area contributed by atoms with Crippen molar-refractivity contribution in [2.45, 2.75) is 0 Å². The number of thiocarbonyl (C=S) groups is 1. The third kappa shape index (κ3) is 6.08. The second-order valence-electron chi connectivity index (χ2n) is 7.67. The Balaban J connectivity index is 1.49. The van der Waals surface area contributed by atoms with Crippen LogP contribution >= 0.6 is 35.4 Å². The van der Waals surface area contributed by atoms with Crippen LogP contribution in [0, 0.1) is 0 Å². The van der Waals surface area contributed by atoms with Crippen LogP contribution in [0.4, 0.5) is 11.4 Å². The maximum atomic E-state index is 13.1. The molecule has 4 rings (SSSR count). The molecule has 0 saturated carbocycles. The Kier molecular flexibility index (Phi) is 8.08. The van der Waals surface area contributed by atoms with Gasteiger partial charge in [-0.15, -0.1) is 0 Å². The number of carbonyl (C=O) groups is 3. The number of carbonyl (C=O) groups excluding carboxylic acids is 3. The highest BCUT2D eigenvalue weighted by molar-refractivity contribution is 7.80. The highest BCUT2D eigenvalue weighted by Crippen LogP contribution is 2.30. The summed E-state index contributed by atoms with van der Waals surface area (Å²) in [6.45, 7) is -0.304. The molecule has 1 aliphatic rings. The van der Waals surface area contributed by atoms with Gasteiger partial charge in [-0.3, -0.25) is 24.6 Å². The monoisotopic (exact) mass is 555 g/mol. The first-order chi connectivity index (χ1) is 17.8. The zero-order valence-corrected chi connectivity index (χ0v) is 21.6. The lowest BCUT2D eigenvalue weighted by Crippen LogP contribution is -2.54. The predicted octanol–water partition coefficient (Wildman–Crippen LogP) is 4.85. The second-order valence-corrected chi connectivity index (χ2v) is 8.87. The molecule has 8 nitrogen and oxygen atoms in total. The van der Waals surface area contributed by atoms with Gasteiger partial charge in [-0.2, -0.15) is 0 Å². The SMILES string of the molecule is COc1cc(/C=C2/C(=O)NC(=S)N(c3ccccc3)C2=O)ccc1OCC(=O)Nc1ccc(Cl)c(Cl)c1. The smallest absolute Gasteiger partial charge is 0.270 e. The molecule has 37 heavy (non-hydrogen) atoms. The van der Waals surface area contributed by atoms with Crippen LogP contribution in [-0.4, -0.2) is 36.6 Å². The lowest BCUT2D eigenvalue weighted by molar-refractivity contribution is -0.122. The van der Waals surface area contributed by atoms with Crippen molar-refractivity contribution in [2.24, 2.45) is 0 Å². The number of hydrogen-bond donors (Lipinski definition) is 2. The Morgan fingerprint density at radius 2 is 1.78 bits per heavy atom. The summed E-state index contributed by atoms with van der Waals surface area (Å²) in [5, 5.41) is 5.88. The molecule has 3 aromatic carbocycles. The van der Waals surface area contributed by atoms with Crippen LogP contribution in [-0.2, 0) is 14.4 Å². The number of amides is 3. The number of para-hydroxylation sites is 1. The van der Waals surface area contributed by atoms with Gasteiger partial charge >= 0.3 is 0 Å². The highest BCUT2D eigenvalue weighted by atomic mass is 35.5. The van der Waals surface area contributed by atoms with Crippen LogP contribution in [0.5, 0.6) is 11.5 Å². The maximum Gasteiger partial charge on any atom is 0.270 e. The molecule has 1 heterocycles. The summed E-state index contributed by atoms with van der Waals surface area (Å²) in [5.41, 5.74) is 1.40. The maximum absolute atomic E-state index is 13.1. The Morgan fingerprint density at radius 3 is 2.49 bits per heavy atom. The largest absolute Gasteiger partial charge is 0.493 e. The van der Waals surface area contributed by atoms with Gasteiger partial charge in [0.15, 0.2) is 23.2 Å². The fourth-order valence-electron chi connectivity index (χ4n) is 3.44. The van der Waals surface area contributed by atoms with Crippen molar-refractivity contribution in [3.63, 3.8) is 0 Å². The van der Waals surface area contributed by atoms with Gasteiger partial charge in [0.2, 0.25) is 0 Å². The molecule has 2 N–H and O–H groups in total. The number of rotatable bonds is 7. The molecule has 0 radical (unpaired) electrons. The van der Waals surface area contributed by atoms with Gasteiger partial charge in [0.1, 0.15) is 5.57 Å². The van der Waals surface area contributed by atoms with Crippen molar-refractivity contribution < 1.29 is 23.9 Å². The first-order valence-electron chi connectivity index (χ1n) is 10.8. The first-order valence-corrected chi connectivity index (χ1v) is 12.0. The molecule has 1 fully saturated rings. The molecule has 3 aromatic rings. The van der Waals surface area contributed by atoms with Crippen molar-refractivity contribution in [1.82, 2.24) is 5.32 Å². The van der Waals surface area contributed by atoms with Crippen molar-refractivity contribution >= 4 is 75.7 Å². The van der Waals surface area contributed by atoms with E-state index in [1.165, 1.54) is 24.2 Å². The average molecular weight is 556 g/mol. The van der Waals surface area contributed by atoms with E-state index in [2.05, 4.69) is 10.6 Å². The lowest BCUT2D eigenvalue weighted by Gasteiger charge is -2.28. The fourth-order valence-corrected chi connectivity index (χ4v) is 4.02. The molecule has 0 aromatic heterocycles. The van der Waals surface area contributed by atoms with Gasteiger partial charge in [-0.1, -0.05) is 47.5 Å². The number of halogens is 2. The number of nitrogens with one attached hydrogen (secondary N) is 2. The summed E-state index contributed by atoms with van der Waals surface area (Å²) in [7, 11) is 1.43. The predicted molar refractivity (Wildman–Crippen MR) is 146 cm³/mol. The minimum atomic E-state index is -0.611. The Hall–Kier alpha value is -3.92. The molecule has 0 spiro atoms. The summed E-state index contributed by atoms with van der Waals surface area (Å²) in [6, 6.07) is 18.3. The third-order valence-corrected chi connectivity index (χ3v) is 6.20. The van der Waals surface area contributed by atoms with Gasteiger partial charge in [0, 0.05) is 5.69 Å². The third-order valence-electron chi connectivity index (χ3n) is 5.18. The normalized spacial score (nSPS) is 14.4. The zero-order valence-electron chi connectivity index (χ0n) is 19.3. The number of benzene rings is 3. The molecular formula is C26H19Cl2N3O5S. The molecule has 0 atom stereocenters. The fraction of sp³-hybridized carbons (Fsp3) is 0.0769. The van der Waals surface area contributed by atoms with Crippen molar-refractivity contribution in [3.05, 3.63) is 87.9 Å². The molecule has 0 aliphatic carbocycles. The van der Waals surface area contributed by atoms with E-state index >= 15 is 0 Å². The Labute approximate surface area is 227 Å². The second kappa shape index (κ2) is 11.4. The summed E-state index contributed by atoms with van der Waals surface area (Å²) in [4.78, 5) is 39.2. The van der Waals surface area contributed by atoms with Gasteiger partial charge in [-0.05, 0) is 66.3 Å². The topological polar surface area (TPSA) is 97.0 Å². The van der Waals surface area contributed by atoms with Gasteiger partial charge in [0.25, 0.3) is 17.7 Å². The molecule has 1 saturated heterocycles. The van der Waals surface area contributed by atoms with Crippen LogP contribution in [0.25, 0.3) is 6.08 Å². The summed E-state index contributed by atoms with van der Waals surface area (Å²) in [5.74, 6) is -0.997. The highest BCUT2D eigenvalue weighted by Gasteiger charge is 2.34. The average Bonchev–Trinajstić information content (AvgIpc) is 2.88. The van der Waals surface area contributed by atoms with Gasteiger partial charge in [0.05, 0.1) is 22.8 Å². The summed E-state index contributed by atoms with van der Waals surface area (Å²) >= 11 is 17.1. The summed E-state index contributed by atoms with van der Waals surface area (Å²) < 4.78 is 11.0. The number of hydrogen-bond acceptors (Lipinski definition) is 6. The van der Waals surface area contributed by atoms with E-state index in [1.807, 2.05) is 6.07 Å². The zero-order chi connectivity index (χ0) is 26.5. The quantitative estimate of drug-likeness (QED) is 0.246. The van der Waals surface area contributed by atoms with Crippen LogP contribution in [0.15, 0.2) is 72.3 Å². The molecule has 188 valence electrons. The molecule has 11 heteroatoms. The van der Waals surface area contributed by atoms with Crippen molar-refractivity contribution in [2.75, 3.05) is 23.9 Å². The number of nitrogens with zero attached hydrogens (tertiary/aromatic N) is 1.